The van der Waals surface area contributed by atoms with Crippen LogP contribution in [0.15, 0.2) is 46.9 Å². The lowest BCUT2D eigenvalue weighted by Gasteiger charge is -2.11. The van der Waals surface area contributed by atoms with Gasteiger partial charge < -0.3 is 11.1 Å². The summed E-state index contributed by atoms with van der Waals surface area (Å²) in [5, 5.41) is 2.96. The molecule has 20 heavy (non-hydrogen) atoms. The molecule has 0 spiro atoms. The Morgan fingerprint density at radius 1 is 1.15 bits per heavy atom. The van der Waals surface area contributed by atoms with Gasteiger partial charge in [0.1, 0.15) is 0 Å². The van der Waals surface area contributed by atoms with E-state index in [1.165, 1.54) is 11.1 Å². The van der Waals surface area contributed by atoms with E-state index in [0.717, 1.165) is 23.0 Å². The molecule has 0 unspecified atom stereocenters. The lowest BCUT2D eigenvalue weighted by Crippen LogP contribution is -2.23. The van der Waals surface area contributed by atoms with Gasteiger partial charge in [0.2, 0.25) is 5.91 Å². The summed E-state index contributed by atoms with van der Waals surface area (Å²) >= 11 is 3.37. The fraction of sp³-hybridized carbons (Fsp3) is 0.188. The third-order valence-electron chi connectivity index (χ3n) is 3.69. The summed E-state index contributed by atoms with van der Waals surface area (Å²) in [6.07, 6.45) is 1.64. The lowest BCUT2D eigenvalue weighted by atomic mass is 10.1. The number of nitrogens with one attached hydrogen (secondary N) is 1. The van der Waals surface area contributed by atoms with Crippen LogP contribution in [0.25, 0.3) is 0 Å². The van der Waals surface area contributed by atoms with E-state index in [1.54, 1.807) is 6.07 Å². The van der Waals surface area contributed by atoms with Crippen molar-refractivity contribution in [2.75, 3.05) is 11.1 Å². The van der Waals surface area contributed by atoms with Crippen LogP contribution in [0.4, 0.5) is 11.4 Å². The Morgan fingerprint density at radius 2 is 1.80 bits per heavy atom. The summed E-state index contributed by atoms with van der Waals surface area (Å²) in [6.45, 7) is 0. The average Bonchev–Trinajstić information content (AvgIpc) is 2.87. The molecule has 0 aliphatic heterocycles. The molecule has 0 aromatic heterocycles. The predicted octanol–water partition coefficient (Wildman–Crippen LogP) is 3.38. The molecule has 1 amide bonds. The fourth-order valence-electron chi connectivity index (χ4n) is 2.59. The van der Waals surface area contributed by atoms with Crippen LogP contribution in [0.5, 0.6) is 0 Å². The molecule has 0 radical (unpaired) electrons. The number of fused-ring (bicyclic) bond motifs is 1. The highest BCUT2D eigenvalue weighted by Gasteiger charge is 2.27. The van der Waals surface area contributed by atoms with E-state index < -0.39 is 0 Å². The second-order valence-corrected chi connectivity index (χ2v) is 5.95. The number of hydrogen-bond donors (Lipinski definition) is 2. The van der Waals surface area contributed by atoms with Crippen LogP contribution in [0, 0.1) is 5.92 Å². The highest BCUT2D eigenvalue weighted by molar-refractivity contribution is 9.10. The Kier molecular flexibility index (Phi) is 3.49. The number of carbonyl (C=O) groups is 1. The van der Waals surface area contributed by atoms with Gasteiger partial charge in [-0.2, -0.15) is 0 Å². The summed E-state index contributed by atoms with van der Waals surface area (Å²) in [5.74, 6) is 0.0848. The number of nitrogens with two attached hydrogens (primary N) is 1. The number of amides is 1. The average molecular weight is 331 g/mol. The molecule has 0 saturated heterocycles. The molecular weight excluding hydrogens is 316 g/mol. The third-order valence-corrected chi connectivity index (χ3v) is 4.38. The van der Waals surface area contributed by atoms with Crippen molar-refractivity contribution < 1.29 is 4.79 Å². The van der Waals surface area contributed by atoms with Crippen molar-refractivity contribution >= 4 is 33.2 Å². The van der Waals surface area contributed by atoms with Crippen LogP contribution in [0.2, 0.25) is 0 Å². The summed E-state index contributed by atoms with van der Waals surface area (Å²) in [7, 11) is 0. The second-order valence-electron chi connectivity index (χ2n) is 5.10. The predicted molar refractivity (Wildman–Crippen MR) is 84.5 cm³/mol. The van der Waals surface area contributed by atoms with Crippen LogP contribution in [0.3, 0.4) is 0 Å². The molecule has 0 heterocycles. The van der Waals surface area contributed by atoms with Crippen molar-refractivity contribution in [1.29, 1.82) is 0 Å². The van der Waals surface area contributed by atoms with E-state index in [2.05, 4.69) is 33.4 Å². The van der Waals surface area contributed by atoms with Crippen LogP contribution in [0.1, 0.15) is 11.1 Å². The van der Waals surface area contributed by atoms with E-state index >= 15 is 0 Å². The molecule has 2 aromatic rings. The van der Waals surface area contributed by atoms with Crippen molar-refractivity contribution in [2.24, 2.45) is 5.92 Å². The van der Waals surface area contributed by atoms with Crippen molar-refractivity contribution in [2.45, 2.75) is 12.8 Å². The molecule has 102 valence electrons. The highest BCUT2D eigenvalue weighted by Crippen LogP contribution is 2.28. The molecule has 4 heteroatoms. The summed E-state index contributed by atoms with van der Waals surface area (Å²) in [4.78, 5) is 12.3. The van der Waals surface area contributed by atoms with Gasteiger partial charge in [-0.25, -0.2) is 0 Å². The van der Waals surface area contributed by atoms with Crippen molar-refractivity contribution in [3.63, 3.8) is 0 Å². The van der Waals surface area contributed by atoms with Gasteiger partial charge in [-0.15, -0.1) is 0 Å². The number of nitrogen functional groups attached to an aromatic ring is 1. The van der Waals surface area contributed by atoms with E-state index in [9.17, 15) is 4.79 Å². The van der Waals surface area contributed by atoms with Gasteiger partial charge in [-0.1, -0.05) is 24.3 Å². The molecule has 2 aromatic carbocycles. The Bertz CT molecular complexity index is 644. The van der Waals surface area contributed by atoms with E-state index in [4.69, 9.17) is 5.73 Å². The van der Waals surface area contributed by atoms with Gasteiger partial charge in [-0.3, -0.25) is 4.79 Å². The normalized spacial score (nSPS) is 14.1. The SMILES string of the molecule is Nc1ccc(NC(=O)C2Cc3ccccc3C2)cc1Br. The first-order chi connectivity index (χ1) is 9.63. The van der Waals surface area contributed by atoms with E-state index in [0.29, 0.717) is 5.69 Å². The fourth-order valence-corrected chi connectivity index (χ4v) is 2.97. The number of halogens is 1. The van der Waals surface area contributed by atoms with Crippen molar-refractivity contribution in [1.82, 2.24) is 0 Å². The second kappa shape index (κ2) is 5.29. The van der Waals surface area contributed by atoms with Crippen LogP contribution < -0.4 is 11.1 Å². The van der Waals surface area contributed by atoms with Crippen LogP contribution >= 0.6 is 15.9 Å². The molecule has 3 N–H and O–H groups in total. The quantitative estimate of drug-likeness (QED) is 0.829. The Balaban J connectivity index is 1.71. The molecule has 0 atom stereocenters. The van der Waals surface area contributed by atoms with Gasteiger partial charge in [0, 0.05) is 21.8 Å². The van der Waals surface area contributed by atoms with Crippen molar-refractivity contribution in [3.05, 3.63) is 58.1 Å². The maximum atomic E-state index is 12.3. The first-order valence-corrected chi connectivity index (χ1v) is 7.35. The molecule has 3 rings (SSSR count). The third kappa shape index (κ3) is 2.56. The van der Waals surface area contributed by atoms with Gasteiger partial charge in [0.05, 0.1) is 0 Å². The number of hydrogen-bond acceptors (Lipinski definition) is 2. The van der Waals surface area contributed by atoms with Gasteiger partial charge in [0.25, 0.3) is 0 Å². The molecule has 0 fully saturated rings. The summed E-state index contributed by atoms with van der Waals surface area (Å²) in [6, 6.07) is 13.7. The molecule has 0 bridgehead atoms. The summed E-state index contributed by atoms with van der Waals surface area (Å²) < 4.78 is 0.796. The minimum absolute atomic E-state index is 0.0173. The molecule has 1 aliphatic rings. The molecule has 0 saturated carbocycles. The zero-order chi connectivity index (χ0) is 14.1. The molecule has 1 aliphatic carbocycles. The van der Waals surface area contributed by atoms with Gasteiger partial charge in [-0.05, 0) is 58.1 Å². The van der Waals surface area contributed by atoms with Crippen LogP contribution in [-0.4, -0.2) is 5.91 Å². The smallest absolute Gasteiger partial charge is 0.228 e. The van der Waals surface area contributed by atoms with Crippen molar-refractivity contribution in [3.8, 4) is 0 Å². The highest BCUT2D eigenvalue weighted by atomic mass is 79.9. The van der Waals surface area contributed by atoms with Crippen LogP contribution in [-0.2, 0) is 17.6 Å². The topological polar surface area (TPSA) is 55.1 Å². The van der Waals surface area contributed by atoms with E-state index in [1.807, 2.05) is 24.3 Å². The summed E-state index contributed by atoms with van der Waals surface area (Å²) in [5.41, 5.74) is 9.74. The first kappa shape index (κ1) is 13.2. The Labute approximate surface area is 126 Å². The first-order valence-electron chi connectivity index (χ1n) is 6.56. The number of rotatable bonds is 2. The molecule has 3 nitrogen and oxygen atoms in total. The largest absolute Gasteiger partial charge is 0.398 e. The minimum atomic E-state index is 0.0173. The van der Waals surface area contributed by atoms with E-state index in [-0.39, 0.29) is 11.8 Å². The Morgan fingerprint density at radius 3 is 2.40 bits per heavy atom. The maximum Gasteiger partial charge on any atom is 0.228 e. The number of benzene rings is 2. The zero-order valence-electron chi connectivity index (χ0n) is 10.9. The monoisotopic (exact) mass is 330 g/mol. The standard InChI is InChI=1S/C16H15BrN2O/c17-14-9-13(5-6-15(14)18)19-16(20)12-7-10-3-1-2-4-11(10)8-12/h1-6,9,12H,7-8,18H2,(H,19,20). The zero-order valence-corrected chi connectivity index (χ0v) is 12.5. The maximum absolute atomic E-state index is 12.3. The van der Waals surface area contributed by atoms with Gasteiger partial charge in [0.15, 0.2) is 0 Å². The number of anilines is 2. The Hall–Kier alpha value is -1.81. The lowest BCUT2D eigenvalue weighted by molar-refractivity contribution is -0.119. The molecular formula is C16H15BrN2O. The minimum Gasteiger partial charge on any atom is -0.398 e. The van der Waals surface area contributed by atoms with Gasteiger partial charge >= 0.3 is 0 Å². The number of carbonyl (C=O) groups excluding carboxylic acids is 1.